The first-order chi connectivity index (χ1) is 14.8. The van der Waals surface area contributed by atoms with Crippen molar-refractivity contribution < 1.29 is 22.7 Å². The summed E-state index contributed by atoms with van der Waals surface area (Å²) in [6.07, 6.45) is 1.66. The van der Waals surface area contributed by atoms with E-state index >= 15 is 0 Å². The first-order valence-corrected chi connectivity index (χ1v) is 12.0. The number of methoxy groups -OCH3 is 1. The minimum Gasteiger partial charge on any atom is -0.465 e. The van der Waals surface area contributed by atoms with Crippen molar-refractivity contribution in [2.45, 2.75) is 24.7 Å². The highest BCUT2D eigenvalue weighted by Crippen LogP contribution is 2.36. The van der Waals surface area contributed by atoms with Gasteiger partial charge in [0, 0.05) is 29.2 Å². The Balaban J connectivity index is 1.84. The first-order valence-electron chi connectivity index (χ1n) is 9.77. The number of ether oxygens (including phenoxy) is 1. The Labute approximate surface area is 185 Å². The van der Waals surface area contributed by atoms with Gasteiger partial charge in [0.25, 0.3) is 5.91 Å². The number of benzene rings is 2. The molecule has 1 amide bonds. The minimum atomic E-state index is -3.61. The van der Waals surface area contributed by atoms with Gasteiger partial charge in [0.2, 0.25) is 10.0 Å². The van der Waals surface area contributed by atoms with Gasteiger partial charge in [-0.1, -0.05) is 31.5 Å². The number of esters is 1. The van der Waals surface area contributed by atoms with Crippen LogP contribution in [0.2, 0.25) is 0 Å². The van der Waals surface area contributed by atoms with Crippen LogP contribution in [-0.2, 0) is 14.8 Å². The highest BCUT2D eigenvalue weighted by atomic mass is 32.2. The number of fused-ring (bicyclic) bond motifs is 1. The third kappa shape index (κ3) is 4.79. The van der Waals surface area contributed by atoms with E-state index in [0.717, 1.165) is 17.5 Å². The molecular weight excluding hydrogens is 436 g/mol. The lowest BCUT2D eigenvalue weighted by Crippen LogP contribution is -2.28. The van der Waals surface area contributed by atoms with E-state index in [0.29, 0.717) is 22.5 Å². The zero-order valence-corrected chi connectivity index (χ0v) is 19.2. The SMILES string of the molecule is CCCCN(C)S(=O)(=O)c1ccc(C(=O)Nc2sc3ccccc3c2C(=O)OC)cc1. The fourth-order valence-electron chi connectivity index (χ4n) is 3.07. The summed E-state index contributed by atoms with van der Waals surface area (Å²) in [5.41, 5.74) is 0.580. The Bertz CT molecular complexity index is 1200. The molecule has 0 bridgehead atoms. The second-order valence-corrected chi connectivity index (χ2v) is 10.0. The summed E-state index contributed by atoms with van der Waals surface area (Å²) in [4.78, 5) is 25.2. The molecule has 0 aliphatic heterocycles. The molecule has 0 saturated carbocycles. The zero-order valence-electron chi connectivity index (χ0n) is 17.5. The number of carbonyl (C=O) groups is 2. The third-order valence-corrected chi connectivity index (χ3v) is 7.82. The van der Waals surface area contributed by atoms with E-state index in [1.54, 1.807) is 13.1 Å². The molecule has 0 aliphatic carbocycles. The molecule has 1 aromatic heterocycles. The topological polar surface area (TPSA) is 92.8 Å². The van der Waals surface area contributed by atoms with E-state index in [1.165, 1.54) is 47.0 Å². The van der Waals surface area contributed by atoms with Crippen molar-refractivity contribution in [3.63, 3.8) is 0 Å². The van der Waals surface area contributed by atoms with E-state index in [1.807, 2.05) is 25.1 Å². The molecule has 0 fully saturated rings. The number of rotatable bonds is 8. The van der Waals surface area contributed by atoms with E-state index in [-0.39, 0.29) is 10.5 Å². The molecule has 164 valence electrons. The lowest BCUT2D eigenvalue weighted by Gasteiger charge is -2.17. The van der Waals surface area contributed by atoms with E-state index in [9.17, 15) is 18.0 Å². The Kier molecular flexibility index (Phi) is 7.09. The Morgan fingerprint density at radius 1 is 1.10 bits per heavy atom. The molecule has 0 radical (unpaired) electrons. The van der Waals surface area contributed by atoms with Crippen LogP contribution < -0.4 is 5.32 Å². The van der Waals surface area contributed by atoms with Crippen molar-refractivity contribution in [2.24, 2.45) is 0 Å². The number of nitrogens with one attached hydrogen (secondary N) is 1. The van der Waals surface area contributed by atoms with Crippen LogP contribution in [0.25, 0.3) is 10.1 Å². The molecule has 3 rings (SSSR count). The number of sulfonamides is 1. The summed E-state index contributed by atoms with van der Waals surface area (Å²) >= 11 is 1.27. The highest BCUT2D eigenvalue weighted by Gasteiger charge is 2.23. The van der Waals surface area contributed by atoms with Crippen LogP contribution in [0, 0.1) is 0 Å². The lowest BCUT2D eigenvalue weighted by molar-refractivity contribution is 0.0604. The first kappa shape index (κ1) is 22.9. The molecule has 0 saturated heterocycles. The fourth-order valence-corrected chi connectivity index (χ4v) is 5.37. The monoisotopic (exact) mass is 460 g/mol. The number of nitrogens with zero attached hydrogens (tertiary/aromatic N) is 1. The molecule has 0 unspecified atom stereocenters. The second kappa shape index (κ2) is 9.59. The molecule has 31 heavy (non-hydrogen) atoms. The Morgan fingerprint density at radius 3 is 2.42 bits per heavy atom. The molecule has 1 N–H and O–H groups in total. The van der Waals surface area contributed by atoms with Gasteiger partial charge in [-0.3, -0.25) is 4.79 Å². The summed E-state index contributed by atoms with van der Waals surface area (Å²) in [6, 6.07) is 13.1. The molecule has 0 atom stereocenters. The highest BCUT2D eigenvalue weighted by molar-refractivity contribution is 7.89. The van der Waals surface area contributed by atoms with Crippen molar-refractivity contribution in [1.29, 1.82) is 0 Å². The fraction of sp³-hybridized carbons (Fsp3) is 0.273. The predicted molar refractivity (Wildman–Crippen MR) is 122 cm³/mol. The van der Waals surface area contributed by atoms with Crippen LogP contribution in [0.5, 0.6) is 0 Å². The van der Waals surface area contributed by atoms with Crippen LogP contribution in [0.4, 0.5) is 5.00 Å². The van der Waals surface area contributed by atoms with Gasteiger partial charge in [0.05, 0.1) is 12.0 Å². The van der Waals surface area contributed by atoms with E-state index in [4.69, 9.17) is 4.74 Å². The normalized spacial score (nSPS) is 11.6. The molecule has 1 heterocycles. The van der Waals surface area contributed by atoms with Crippen molar-refractivity contribution in [1.82, 2.24) is 4.31 Å². The number of anilines is 1. The van der Waals surface area contributed by atoms with Crippen LogP contribution in [-0.4, -0.2) is 45.3 Å². The van der Waals surface area contributed by atoms with Gasteiger partial charge in [0.1, 0.15) is 10.6 Å². The van der Waals surface area contributed by atoms with E-state index < -0.39 is 21.9 Å². The number of hydrogen-bond acceptors (Lipinski definition) is 6. The third-order valence-electron chi connectivity index (χ3n) is 4.86. The smallest absolute Gasteiger partial charge is 0.341 e. The summed E-state index contributed by atoms with van der Waals surface area (Å²) in [5, 5.41) is 3.84. The predicted octanol–water partition coefficient (Wildman–Crippen LogP) is 4.36. The van der Waals surface area contributed by atoms with Gasteiger partial charge in [0.15, 0.2) is 0 Å². The maximum absolute atomic E-state index is 12.8. The average molecular weight is 461 g/mol. The standard InChI is InChI=1S/C22H24N2O5S2/c1-4-5-14-24(2)31(27,28)16-12-10-15(11-13-16)20(25)23-21-19(22(26)29-3)17-8-6-7-9-18(17)30-21/h6-13H,4-5,14H2,1-3H3,(H,23,25). The van der Waals surface area contributed by atoms with Crippen LogP contribution in [0.3, 0.4) is 0 Å². The largest absolute Gasteiger partial charge is 0.465 e. The van der Waals surface area contributed by atoms with Crippen molar-refractivity contribution in [2.75, 3.05) is 26.0 Å². The van der Waals surface area contributed by atoms with Crippen LogP contribution >= 0.6 is 11.3 Å². The van der Waals surface area contributed by atoms with Gasteiger partial charge in [-0.2, -0.15) is 0 Å². The van der Waals surface area contributed by atoms with Gasteiger partial charge in [-0.15, -0.1) is 11.3 Å². The quantitative estimate of drug-likeness (QED) is 0.504. The molecule has 7 nitrogen and oxygen atoms in total. The molecule has 0 spiro atoms. The number of thiophene rings is 1. The van der Waals surface area contributed by atoms with Gasteiger partial charge >= 0.3 is 5.97 Å². The van der Waals surface area contributed by atoms with Crippen molar-refractivity contribution in [3.8, 4) is 0 Å². The van der Waals surface area contributed by atoms with Gasteiger partial charge < -0.3 is 10.1 Å². The summed E-state index contributed by atoms with van der Waals surface area (Å²) < 4.78 is 32.3. The second-order valence-electron chi connectivity index (χ2n) is 6.95. The van der Waals surface area contributed by atoms with Gasteiger partial charge in [-0.05, 0) is 36.8 Å². The molecular formula is C22H24N2O5S2. The van der Waals surface area contributed by atoms with E-state index in [2.05, 4.69) is 5.32 Å². The maximum atomic E-state index is 12.8. The van der Waals surface area contributed by atoms with Gasteiger partial charge in [-0.25, -0.2) is 17.5 Å². The van der Waals surface area contributed by atoms with Crippen molar-refractivity contribution >= 4 is 48.3 Å². The number of amides is 1. The molecule has 9 heteroatoms. The van der Waals surface area contributed by atoms with Crippen LogP contribution in [0.1, 0.15) is 40.5 Å². The zero-order chi connectivity index (χ0) is 22.6. The average Bonchev–Trinajstić information content (AvgIpc) is 3.14. The Hall–Kier alpha value is -2.75. The maximum Gasteiger partial charge on any atom is 0.341 e. The van der Waals surface area contributed by atoms with Crippen LogP contribution in [0.15, 0.2) is 53.4 Å². The molecule has 3 aromatic rings. The summed E-state index contributed by atoms with van der Waals surface area (Å²) in [7, 11) is -0.777. The Morgan fingerprint density at radius 2 is 1.77 bits per heavy atom. The van der Waals surface area contributed by atoms with Crippen molar-refractivity contribution in [3.05, 3.63) is 59.7 Å². The summed E-state index contributed by atoms with van der Waals surface area (Å²) in [6.45, 7) is 2.43. The lowest BCUT2D eigenvalue weighted by atomic mass is 10.1. The summed E-state index contributed by atoms with van der Waals surface area (Å²) in [5.74, 6) is -0.982. The molecule has 2 aromatic carbocycles. The number of hydrogen-bond donors (Lipinski definition) is 1. The number of unbranched alkanes of at least 4 members (excludes halogenated alkanes) is 1. The molecule has 0 aliphatic rings. The number of carbonyl (C=O) groups excluding carboxylic acids is 2. The minimum absolute atomic E-state index is 0.125.